The van der Waals surface area contributed by atoms with Crippen LogP contribution in [0.4, 0.5) is 5.69 Å². The van der Waals surface area contributed by atoms with E-state index >= 15 is 0 Å². The Hall–Kier alpha value is -3.74. The van der Waals surface area contributed by atoms with Gasteiger partial charge in [-0.05, 0) is 30.7 Å². The number of sulfonamides is 1. The van der Waals surface area contributed by atoms with E-state index in [0.29, 0.717) is 5.69 Å². The third-order valence-corrected chi connectivity index (χ3v) is 8.66. The first-order valence-electron chi connectivity index (χ1n) is 13.0. The molecule has 3 aromatic rings. The van der Waals surface area contributed by atoms with Crippen LogP contribution in [0.2, 0.25) is 0 Å². The van der Waals surface area contributed by atoms with Crippen molar-refractivity contribution in [2.75, 3.05) is 32.1 Å². The fourth-order valence-corrected chi connectivity index (χ4v) is 5.68. The zero-order valence-electron chi connectivity index (χ0n) is 23.0. The lowest BCUT2D eigenvalue weighted by Gasteiger charge is -2.38. The van der Waals surface area contributed by atoms with Crippen molar-refractivity contribution in [2.45, 2.75) is 37.4 Å². The first-order valence-corrected chi connectivity index (χ1v) is 14.4. The highest BCUT2D eigenvalue weighted by atomic mass is 32.2. The zero-order chi connectivity index (χ0) is 29.0. The lowest BCUT2D eigenvalue weighted by Crippen LogP contribution is -2.50. The number of anilines is 1. The van der Waals surface area contributed by atoms with Crippen molar-refractivity contribution in [2.24, 2.45) is 13.0 Å². The molecule has 12 heteroatoms. The summed E-state index contributed by atoms with van der Waals surface area (Å²) in [5.41, 5.74) is 1.49. The minimum Gasteiger partial charge on any atom is -0.488 e. The second kappa shape index (κ2) is 12.2. The number of aliphatic hydroxyl groups excluding tert-OH is 1. The number of ether oxygens (including phenoxy) is 1. The van der Waals surface area contributed by atoms with Gasteiger partial charge in [0.15, 0.2) is 5.03 Å². The zero-order valence-corrected chi connectivity index (χ0v) is 23.8. The molecule has 1 aliphatic rings. The third kappa shape index (κ3) is 6.52. The van der Waals surface area contributed by atoms with Crippen LogP contribution in [0.25, 0.3) is 0 Å². The molecule has 11 nitrogen and oxygen atoms in total. The summed E-state index contributed by atoms with van der Waals surface area (Å²) < 4.78 is 35.3. The maximum atomic E-state index is 13.6. The number of aliphatic hydroxyl groups is 1. The number of hydrogen-bond acceptors (Lipinski definition) is 7. The molecule has 2 heterocycles. The predicted octanol–water partition coefficient (Wildman–Crippen LogP) is 2.14. The van der Waals surface area contributed by atoms with E-state index in [4.69, 9.17) is 4.74 Å². The van der Waals surface area contributed by atoms with Gasteiger partial charge in [0.05, 0.1) is 37.5 Å². The second-order valence-electron chi connectivity index (χ2n) is 10.2. The number of hydrogen-bond donors (Lipinski definition) is 2. The molecule has 1 aliphatic heterocycles. The van der Waals surface area contributed by atoms with E-state index in [1.807, 2.05) is 37.3 Å². The standard InChI is InChI=1S/C28H35N5O6S/c1-19-14-33(20(2)17-34)28(36)23-13-22(30-26(35)12-21-8-6-5-7-9-21)10-11-24(23)39-25(19)15-32(4)40(37,38)27-16-31(3)18-29-27/h5-11,13,16,18-20,25,34H,12,14-15,17H2,1-4H3,(H,30,35)/t19-,20-,25-/m1/s1. The van der Waals surface area contributed by atoms with Crippen molar-refractivity contribution in [3.63, 3.8) is 0 Å². The van der Waals surface area contributed by atoms with E-state index in [1.54, 1.807) is 41.6 Å². The minimum atomic E-state index is -3.88. The van der Waals surface area contributed by atoms with Crippen LogP contribution in [0, 0.1) is 5.92 Å². The molecule has 2 N–H and O–H groups in total. The van der Waals surface area contributed by atoms with Crippen LogP contribution in [0.5, 0.6) is 5.75 Å². The Morgan fingerprint density at radius 1 is 1.25 bits per heavy atom. The Morgan fingerprint density at radius 2 is 1.98 bits per heavy atom. The fraction of sp³-hybridized carbons (Fsp3) is 0.393. The maximum Gasteiger partial charge on any atom is 0.261 e. The molecule has 0 radical (unpaired) electrons. The van der Waals surface area contributed by atoms with Crippen LogP contribution in [-0.2, 0) is 28.3 Å². The number of likely N-dealkylation sites (N-methyl/N-ethyl adjacent to an activating group) is 1. The van der Waals surface area contributed by atoms with Gasteiger partial charge in [0, 0.05) is 38.4 Å². The van der Waals surface area contributed by atoms with E-state index in [-0.39, 0.29) is 60.2 Å². The first kappa shape index (κ1) is 29.2. The van der Waals surface area contributed by atoms with Gasteiger partial charge in [-0.25, -0.2) is 13.4 Å². The molecule has 1 aromatic heterocycles. The van der Waals surface area contributed by atoms with Gasteiger partial charge >= 0.3 is 0 Å². The molecule has 0 aliphatic carbocycles. The monoisotopic (exact) mass is 569 g/mol. The van der Waals surface area contributed by atoms with Gasteiger partial charge in [-0.3, -0.25) is 9.59 Å². The van der Waals surface area contributed by atoms with Gasteiger partial charge in [-0.2, -0.15) is 4.31 Å². The summed E-state index contributed by atoms with van der Waals surface area (Å²) in [6.07, 6.45) is 2.40. The lowest BCUT2D eigenvalue weighted by atomic mass is 9.99. The molecule has 0 spiro atoms. The Labute approximate surface area is 234 Å². The number of carbonyl (C=O) groups excluding carboxylic acids is 2. The average molecular weight is 570 g/mol. The summed E-state index contributed by atoms with van der Waals surface area (Å²) >= 11 is 0. The first-order chi connectivity index (χ1) is 19.0. The van der Waals surface area contributed by atoms with Crippen LogP contribution in [0.3, 0.4) is 0 Å². The third-order valence-electron chi connectivity index (χ3n) is 6.95. The normalized spacial score (nSPS) is 18.4. The summed E-state index contributed by atoms with van der Waals surface area (Å²) in [6, 6.07) is 13.6. The highest BCUT2D eigenvalue weighted by Crippen LogP contribution is 2.31. The molecule has 40 heavy (non-hydrogen) atoms. The molecule has 2 aromatic carbocycles. The molecule has 214 valence electrons. The number of nitrogens with zero attached hydrogens (tertiary/aromatic N) is 4. The van der Waals surface area contributed by atoms with Gasteiger partial charge in [-0.1, -0.05) is 37.3 Å². The number of aromatic nitrogens is 2. The number of benzene rings is 2. The summed E-state index contributed by atoms with van der Waals surface area (Å²) in [5, 5.41) is 12.6. The Kier molecular flexibility index (Phi) is 8.92. The van der Waals surface area contributed by atoms with Crippen molar-refractivity contribution >= 4 is 27.5 Å². The van der Waals surface area contributed by atoms with Gasteiger partial charge < -0.3 is 24.6 Å². The number of carbonyl (C=O) groups is 2. The summed E-state index contributed by atoms with van der Waals surface area (Å²) in [7, 11) is -0.725. The van der Waals surface area contributed by atoms with E-state index in [9.17, 15) is 23.1 Å². The summed E-state index contributed by atoms with van der Waals surface area (Å²) in [5.74, 6) is -0.603. The maximum absolute atomic E-state index is 13.6. The van der Waals surface area contributed by atoms with Crippen molar-refractivity contribution < 1.29 is 27.9 Å². The van der Waals surface area contributed by atoms with E-state index in [2.05, 4.69) is 10.3 Å². The van der Waals surface area contributed by atoms with Crippen LogP contribution in [0.1, 0.15) is 29.8 Å². The van der Waals surface area contributed by atoms with Gasteiger partial charge in [0.25, 0.3) is 15.9 Å². The topological polar surface area (TPSA) is 134 Å². The Balaban J connectivity index is 1.61. The molecule has 0 bridgehead atoms. The number of amides is 2. The highest BCUT2D eigenvalue weighted by Gasteiger charge is 2.35. The van der Waals surface area contributed by atoms with Crippen LogP contribution < -0.4 is 10.1 Å². The van der Waals surface area contributed by atoms with Crippen molar-refractivity contribution in [3.05, 3.63) is 72.2 Å². The lowest BCUT2D eigenvalue weighted by molar-refractivity contribution is -0.115. The molecule has 2 amide bonds. The number of aryl methyl sites for hydroxylation is 1. The Bertz CT molecular complexity index is 1460. The van der Waals surface area contributed by atoms with E-state index in [0.717, 1.165) is 5.56 Å². The van der Waals surface area contributed by atoms with Crippen molar-refractivity contribution in [1.82, 2.24) is 18.8 Å². The van der Waals surface area contributed by atoms with Crippen LogP contribution in [0.15, 0.2) is 66.1 Å². The molecule has 0 saturated heterocycles. The Morgan fingerprint density at radius 3 is 2.62 bits per heavy atom. The largest absolute Gasteiger partial charge is 0.488 e. The number of rotatable bonds is 9. The SMILES string of the molecule is C[C@@H]1CN([C@H](C)CO)C(=O)c2cc(NC(=O)Cc3ccccc3)ccc2O[C@@H]1CN(C)S(=O)(=O)c1cn(C)cn1. The number of imidazole rings is 1. The van der Waals surface area contributed by atoms with Crippen LogP contribution in [-0.4, -0.2) is 83.0 Å². The highest BCUT2D eigenvalue weighted by molar-refractivity contribution is 7.89. The smallest absolute Gasteiger partial charge is 0.261 e. The molecular formula is C28H35N5O6S. The second-order valence-corrected chi connectivity index (χ2v) is 12.2. The van der Waals surface area contributed by atoms with Crippen molar-refractivity contribution in [1.29, 1.82) is 0 Å². The summed E-state index contributed by atoms with van der Waals surface area (Å²) in [4.78, 5) is 31.8. The number of nitrogens with one attached hydrogen (secondary N) is 1. The van der Waals surface area contributed by atoms with E-state index in [1.165, 1.54) is 23.9 Å². The van der Waals surface area contributed by atoms with Gasteiger partial charge in [0.2, 0.25) is 5.91 Å². The number of fused-ring (bicyclic) bond motifs is 1. The molecule has 0 unspecified atom stereocenters. The van der Waals surface area contributed by atoms with Crippen LogP contribution >= 0.6 is 0 Å². The quantitative estimate of drug-likeness (QED) is 0.403. The molecule has 3 atom stereocenters. The van der Waals surface area contributed by atoms with Crippen molar-refractivity contribution in [3.8, 4) is 5.75 Å². The van der Waals surface area contributed by atoms with E-state index < -0.39 is 22.2 Å². The molecule has 4 rings (SSSR count). The molecule has 0 saturated carbocycles. The molecule has 0 fully saturated rings. The van der Waals surface area contributed by atoms with Gasteiger partial charge in [0.1, 0.15) is 11.9 Å². The molecular weight excluding hydrogens is 534 g/mol. The predicted molar refractivity (Wildman–Crippen MR) is 149 cm³/mol. The van der Waals surface area contributed by atoms with Gasteiger partial charge in [-0.15, -0.1) is 0 Å². The fourth-order valence-electron chi connectivity index (χ4n) is 4.54. The average Bonchev–Trinajstić information content (AvgIpc) is 3.38. The minimum absolute atomic E-state index is 0.00458. The summed E-state index contributed by atoms with van der Waals surface area (Å²) in [6.45, 7) is 3.60.